The molecule has 0 aliphatic carbocycles. The van der Waals surface area contributed by atoms with E-state index in [1.807, 2.05) is 30.3 Å². The Morgan fingerprint density at radius 1 is 1.08 bits per heavy atom. The molecule has 6 nitrogen and oxygen atoms in total. The Balaban J connectivity index is 1.31. The van der Waals surface area contributed by atoms with Gasteiger partial charge in [-0.2, -0.15) is 0 Å². The molecule has 0 saturated carbocycles. The highest BCUT2D eigenvalue weighted by atomic mass is 19.1. The summed E-state index contributed by atoms with van der Waals surface area (Å²) in [6.07, 6.45) is 6.75. The minimum absolute atomic E-state index is 0.165. The molecule has 1 fully saturated rings. The highest BCUT2D eigenvalue weighted by Crippen LogP contribution is 2.36. The number of carbonyl (C=O) groups is 1. The van der Waals surface area contributed by atoms with E-state index in [2.05, 4.69) is 22.0 Å². The number of ether oxygens (including phenoxy) is 2. The molecule has 1 saturated heterocycles. The summed E-state index contributed by atoms with van der Waals surface area (Å²) in [6, 6.07) is 15.5. The van der Waals surface area contributed by atoms with Crippen molar-refractivity contribution in [2.45, 2.75) is 57.5 Å². The SMILES string of the molecule is COc1cccc(CCCCN2CC[C@@H](CC[C@@H](F)c3ccnc4ccc(OC)cc34)[C@H](CCC(=O)O)C2)c1. The number of aliphatic carboxylic acids is 1. The van der Waals surface area contributed by atoms with Gasteiger partial charge in [-0.3, -0.25) is 9.78 Å². The van der Waals surface area contributed by atoms with Gasteiger partial charge in [-0.1, -0.05) is 12.1 Å². The fourth-order valence-corrected chi connectivity index (χ4v) is 5.93. The second-order valence-corrected chi connectivity index (χ2v) is 10.7. The number of rotatable bonds is 14. The van der Waals surface area contributed by atoms with Gasteiger partial charge in [0.2, 0.25) is 0 Å². The summed E-state index contributed by atoms with van der Waals surface area (Å²) in [4.78, 5) is 18.2. The third kappa shape index (κ3) is 8.15. The zero-order chi connectivity index (χ0) is 27.6. The van der Waals surface area contributed by atoms with E-state index >= 15 is 4.39 Å². The third-order valence-corrected chi connectivity index (χ3v) is 8.14. The lowest BCUT2D eigenvalue weighted by Gasteiger charge is -2.39. The largest absolute Gasteiger partial charge is 0.497 e. The van der Waals surface area contributed by atoms with Gasteiger partial charge < -0.3 is 19.5 Å². The number of methoxy groups -OCH3 is 2. The van der Waals surface area contributed by atoms with Gasteiger partial charge in [0.25, 0.3) is 0 Å². The van der Waals surface area contributed by atoms with E-state index in [1.54, 1.807) is 26.5 Å². The maximum Gasteiger partial charge on any atom is 0.303 e. The number of nitrogens with zero attached hydrogens (tertiary/aromatic N) is 2. The Labute approximate surface area is 231 Å². The summed E-state index contributed by atoms with van der Waals surface area (Å²) in [6.45, 7) is 2.89. The number of fused-ring (bicyclic) bond motifs is 1. The van der Waals surface area contributed by atoms with Crippen LogP contribution >= 0.6 is 0 Å². The summed E-state index contributed by atoms with van der Waals surface area (Å²) in [5.74, 6) is 1.43. The van der Waals surface area contributed by atoms with Gasteiger partial charge in [-0.15, -0.1) is 0 Å². The molecule has 1 aliphatic rings. The van der Waals surface area contributed by atoms with E-state index in [0.717, 1.165) is 68.4 Å². The Morgan fingerprint density at radius 3 is 2.69 bits per heavy atom. The number of halogens is 1. The van der Waals surface area contributed by atoms with Gasteiger partial charge >= 0.3 is 5.97 Å². The van der Waals surface area contributed by atoms with Crippen molar-refractivity contribution in [2.24, 2.45) is 11.8 Å². The molecule has 4 rings (SSSR count). The van der Waals surface area contributed by atoms with Crippen molar-refractivity contribution in [1.29, 1.82) is 0 Å². The van der Waals surface area contributed by atoms with Crippen LogP contribution in [0.5, 0.6) is 11.5 Å². The number of pyridine rings is 1. The number of hydrogen-bond acceptors (Lipinski definition) is 5. The standard InChI is InChI=1S/C32H41FN2O4/c1-38-26-8-5-7-23(20-26)6-3-4-18-35-19-16-24(25(22-35)10-14-32(36)37)9-12-30(33)28-15-17-34-31-13-11-27(39-2)21-29(28)31/h5,7-8,11,13,15,17,20-21,24-25,30H,3-4,6,9-10,12,14,16,18-19,22H2,1-2H3,(H,36,37)/t24-,25-,30-/m1/s1. The predicted octanol–water partition coefficient (Wildman–Crippen LogP) is 6.87. The normalized spacial score (nSPS) is 18.6. The van der Waals surface area contributed by atoms with Crippen molar-refractivity contribution < 1.29 is 23.8 Å². The Hall–Kier alpha value is -3.19. The fourth-order valence-electron chi connectivity index (χ4n) is 5.93. The molecule has 2 aromatic carbocycles. The zero-order valence-corrected chi connectivity index (χ0v) is 23.2. The minimum Gasteiger partial charge on any atom is -0.497 e. The Morgan fingerprint density at radius 2 is 1.90 bits per heavy atom. The van der Waals surface area contributed by atoms with Gasteiger partial charge in [0.1, 0.15) is 17.7 Å². The van der Waals surface area contributed by atoms with Crippen molar-refractivity contribution >= 4 is 16.9 Å². The number of carboxylic acids is 1. The smallest absolute Gasteiger partial charge is 0.303 e. The molecule has 0 radical (unpaired) electrons. The second-order valence-electron chi connectivity index (χ2n) is 10.7. The molecular formula is C32H41FN2O4. The molecule has 0 unspecified atom stereocenters. The number of likely N-dealkylation sites (tertiary alicyclic amines) is 1. The number of aromatic nitrogens is 1. The molecule has 0 bridgehead atoms. The monoisotopic (exact) mass is 536 g/mol. The van der Waals surface area contributed by atoms with Crippen molar-refractivity contribution in [3.8, 4) is 11.5 Å². The zero-order valence-electron chi connectivity index (χ0n) is 23.2. The van der Waals surface area contributed by atoms with E-state index in [4.69, 9.17) is 9.47 Å². The summed E-state index contributed by atoms with van der Waals surface area (Å²) >= 11 is 0. The van der Waals surface area contributed by atoms with Crippen LogP contribution < -0.4 is 9.47 Å². The summed E-state index contributed by atoms with van der Waals surface area (Å²) in [5, 5.41) is 10.1. The van der Waals surface area contributed by atoms with E-state index in [-0.39, 0.29) is 12.3 Å². The minimum atomic E-state index is -1.10. The topological polar surface area (TPSA) is 71.9 Å². The summed E-state index contributed by atoms with van der Waals surface area (Å²) in [5.41, 5.74) is 2.69. The molecule has 0 amide bonds. The molecular weight excluding hydrogens is 495 g/mol. The van der Waals surface area contributed by atoms with E-state index in [1.165, 1.54) is 5.56 Å². The van der Waals surface area contributed by atoms with Crippen LogP contribution in [0.1, 0.15) is 62.2 Å². The molecule has 0 spiro atoms. The van der Waals surface area contributed by atoms with E-state index in [9.17, 15) is 9.90 Å². The first-order valence-electron chi connectivity index (χ1n) is 14.1. The van der Waals surface area contributed by atoms with Gasteiger partial charge in [0.15, 0.2) is 0 Å². The van der Waals surface area contributed by atoms with Crippen LogP contribution in [0, 0.1) is 11.8 Å². The van der Waals surface area contributed by atoms with Crippen LogP contribution in [0.15, 0.2) is 54.7 Å². The first-order chi connectivity index (χ1) is 19.0. The van der Waals surface area contributed by atoms with Crippen LogP contribution in [0.4, 0.5) is 4.39 Å². The first-order valence-corrected chi connectivity index (χ1v) is 14.1. The lowest BCUT2D eigenvalue weighted by Crippen LogP contribution is -2.41. The third-order valence-electron chi connectivity index (χ3n) is 8.14. The number of aryl methyl sites for hydroxylation is 1. The number of benzene rings is 2. The van der Waals surface area contributed by atoms with E-state index in [0.29, 0.717) is 30.1 Å². The lowest BCUT2D eigenvalue weighted by atomic mass is 9.79. The molecule has 3 aromatic rings. The molecule has 1 aliphatic heterocycles. The number of alkyl halides is 1. The predicted molar refractivity (Wildman–Crippen MR) is 152 cm³/mol. The average molecular weight is 537 g/mol. The maximum absolute atomic E-state index is 15.6. The average Bonchev–Trinajstić information content (AvgIpc) is 2.96. The van der Waals surface area contributed by atoms with Gasteiger partial charge in [-0.25, -0.2) is 4.39 Å². The summed E-state index contributed by atoms with van der Waals surface area (Å²) in [7, 11) is 3.30. The van der Waals surface area contributed by atoms with Crippen molar-refractivity contribution in [2.75, 3.05) is 33.9 Å². The van der Waals surface area contributed by atoms with Crippen molar-refractivity contribution in [3.05, 3.63) is 65.9 Å². The van der Waals surface area contributed by atoms with Gasteiger partial charge in [-0.05, 0) is 117 Å². The molecule has 1 aromatic heterocycles. The fraction of sp³-hybridized carbons (Fsp3) is 0.500. The highest BCUT2D eigenvalue weighted by molar-refractivity contribution is 5.83. The molecule has 39 heavy (non-hydrogen) atoms. The lowest BCUT2D eigenvalue weighted by molar-refractivity contribution is -0.137. The summed E-state index contributed by atoms with van der Waals surface area (Å²) < 4.78 is 26.3. The quantitative estimate of drug-likeness (QED) is 0.227. The highest BCUT2D eigenvalue weighted by Gasteiger charge is 2.30. The number of hydrogen-bond donors (Lipinski definition) is 1. The molecule has 7 heteroatoms. The van der Waals surface area contributed by atoms with Crippen LogP contribution in [-0.4, -0.2) is 54.8 Å². The molecule has 2 heterocycles. The van der Waals surface area contributed by atoms with Crippen LogP contribution in [0.2, 0.25) is 0 Å². The second kappa shape index (κ2) is 14.3. The number of piperidine rings is 1. The Kier molecular flexibility index (Phi) is 10.5. The van der Waals surface area contributed by atoms with E-state index < -0.39 is 12.1 Å². The number of unbranched alkanes of at least 4 members (excludes halogenated alkanes) is 1. The number of carboxylic acid groups (broad SMARTS) is 1. The van der Waals surface area contributed by atoms with Crippen LogP contribution in [0.3, 0.4) is 0 Å². The van der Waals surface area contributed by atoms with Crippen molar-refractivity contribution in [1.82, 2.24) is 9.88 Å². The van der Waals surface area contributed by atoms with Gasteiger partial charge in [0.05, 0.1) is 19.7 Å². The van der Waals surface area contributed by atoms with Crippen molar-refractivity contribution in [3.63, 3.8) is 0 Å². The van der Waals surface area contributed by atoms with Crippen LogP contribution in [0.25, 0.3) is 10.9 Å². The Bertz CT molecular complexity index is 1220. The first kappa shape index (κ1) is 28.8. The molecule has 1 N–H and O–H groups in total. The molecule has 210 valence electrons. The maximum atomic E-state index is 15.6. The van der Waals surface area contributed by atoms with Crippen LogP contribution in [-0.2, 0) is 11.2 Å². The molecule has 3 atom stereocenters. The van der Waals surface area contributed by atoms with Gasteiger partial charge in [0, 0.05) is 24.5 Å².